The SMILES string of the molecule is CC(C)(C)OC(=O)C[C@H]1C[C@@H](CC[NH3+])OC(C)(C)O1. The Bertz CT molecular complexity index is 309. The summed E-state index contributed by atoms with van der Waals surface area (Å²) in [6.07, 6.45) is 1.84. The molecule has 1 heterocycles. The lowest BCUT2D eigenvalue weighted by molar-refractivity contribution is -0.379. The maximum absolute atomic E-state index is 11.8. The third-order valence-electron chi connectivity index (χ3n) is 2.77. The zero-order valence-corrected chi connectivity index (χ0v) is 12.8. The van der Waals surface area contributed by atoms with Crippen LogP contribution in [0.2, 0.25) is 0 Å². The van der Waals surface area contributed by atoms with Crippen LogP contribution in [0.1, 0.15) is 53.9 Å². The first-order valence-corrected chi connectivity index (χ1v) is 6.98. The average molecular weight is 274 g/mol. The van der Waals surface area contributed by atoms with Gasteiger partial charge in [0.15, 0.2) is 5.79 Å². The van der Waals surface area contributed by atoms with Gasteiger partial charge >= 0.3 is 5.97 Å². The lowest BCUT2D eigenvalue weighted by Crippen LogP contribution is -2.53. The van der Waals surface area contributed by atoms with Gasteiger partial charge in [-0.05, 0) is 34.6 Å². The van der Waals surface area contributed by atoms with E-state index in [1.54, 1.807) is 0 Å². The van der Waals surface area contributed by atoms with E-state index >= 15 is 0 Å². The van der Waals surface area contributed by atoms with Gasteiger partial charge in [-0.2, -0.15) is 0 Å². The Morgan fingerprint density at radius 1 is 1.32 bits per heavy atom. The number of hydrogen-bond donors (Lipinski definition) is 1. The summed E-state index contributed by atoms with van der Waals surface area (Å²) in [5.74, 6) is -0.867. The van der Waals surface area contributed by atoms with Crippen LogP contribution in [0.15, 0.2) is 0 Å². The molecule has 0 aromatic heterocycles. The molecule has 1 saturated heterocycles. The molecule has 0 unspecified atom stereocenters. The number of hydrogen-bond acceptors (Lipinski definition) is 4. The fourth-order valence-corrected chi connectivity index (χ4v) is 2.32. The molecular weight excluding hydrogens is 246 g/mol. The Hall–Kier alpha value is -0.650. The first-order valence-electron chi connectivity index (χ1n) is 6.98. The molecular formula is C14H28NO4+. The Morgan fingerprint density at radius 3 is 2.42 bits per heavy atom. The van der Waals surface area contributed by atoms with Crippen LogP contribution in [0.4, 0.5) is 0 Å². The van der Waals surface area contributed by atoms with Crippen LogP contribution >= 0.6 is 0 Å². The molecule has 0 aromatic rings. The number of carbonyl (C=O) groups is 1. The van der Waals surface area contributed by atoms with Crippen molar-refractivity contribution in [3.8, 4) is 0 Å². The standard InChI is InChI=1S/C14H27NO4/c1-13(2,3)19-12(16)9-11-8-10(6-7-15)17-14(4,5)18-11/h10-11H,6-9,15H2,1-5H3/p+1/t10-,11-/m1/s1. The van der Waals surface area contributed by atoms with E-state index in [9.17, 15) is 4.79 Å². The largest absolute Gasteiger partial charge is 0.460 e. The van der Waals surface area contributed by atoms with Crippen molar-refractivity contribution in [2.75, 3.05) is 6.54 Å². The highest BCUT2D eigenvalue weighted by Crippen LogP contribution is 2.29. The van der Waals surface area contributed by atoms with Gasteiger partial charge in [-0.15, -0.1) is 0 Å². The van der Waals surface area contributed by atoms with E-state index in [1.165, 1.54) is 0 Å². The normalized spacial score (nSPS) is 27.1. The molecule has 19 heavy (non-hydrogen) atoms. The Balaban J connectivity index is 2.54. The van der Waals surface area contributed by atoms with Gasteiger partial charge in [0.2, 0.25) is 0 Å². The highest BCUT2D eigenvalue weighted by atomic mass is 16.7. The van der Waals surface area contributed by atoms with Gasteiger partial charge in [0.1, 0.15) is 5.60 Å². The number of esters is 1. The van der Waals surface area contributed by atoms with Gasteiger partial charge < -0.3 is 19.9 Å². The van der Waals surface area contributed by atoms with Crippen molar-refractivity contribution < 1.29 is 24.7 Å². The van der Waals surface area contributed by atoms with Crippen LogP contribution in [-0.2, 0) is 19.0 Å². The summed E-state index contributed by atoms with van der Waals surface area (Å²) >= 11 is 0. The topological polar surface area (TPSA) is 72.4 Å². The number of ether oxygens (including phenoxy) is 3. The molecule has 0 amide bonds. The van der Waals surface area contributed by atoms with E-state index in [2.05, 4.69) is 5.73 Å². The summed E-state index contributed by atoms with van der Waals surface area (Å²) in [6.45, 7) is 10.2. The molecule has 1 rings (SSSR count). The molecule has 0 aromatic carbocycles. The summed E-state index contributed by atoms with van der Waals surface area (Å²) in [5, 5.41) is 0. The van der Waals surface area contributed by atoms with Gasteiger partial charge in [0.25, 0.3) is 0 Å². The number of rotatable bonds is 4. The highest BCUT2D eigenvalue weighted by molar-refractivity contribution is 5.70. The lowest BCUT2D eigenvalue weighted by Gasteiger charge is -2.40. The summed E-state index contributed by atoms with van der Waals surface area (Å²) < 4.78 is 16.9. The molecule has 1 aliphatic heterocycles. The van der Waals surface area contributed by atoms with Crippen LogP contribution < -0.4 is 5.73 Å². The van der Waals surface area contributed by atoms with E-state index in [0.29, 0.717) is 0 Å². The molecule has 3 N–H and O–H groups in total. The second-order valence-corrected chi connectivity index (χ2v) is 6.55. The van der Waals surface area contributed by atoms with Crippen LogP contribution in [0, 0.1) is 0 Å². The van der Waals surface area contributed by atoms with Gasteiger partial charge in [0, 0.05) is 12.8 Å². The van der Waals surface area contributed by atoms with Crippen molar-refractivity contribution >= 4 is 5.97 Å². The van der Waals surface area contributed by atoms with E-state index in [0.717, 1.165) is 19.4 Å². The van der Waals surface area contributed by atoms with Crippen molar-refractivity contribution in [2.45, 2.75) is 77.5 Å². The van der Waals surface area contributed by atoms with Crippen molar-refractivity contribution in [1.82, 2.24) is 0 Å². The first-order chi connectivity index (χ1) is 8.61. The minimum Gasteiger partial charge on any atom is -0.460 e. The van der Waals surface area contributed by atoms with Crippen molar-refractivity contribution in [3.05, 3.63) is 0 Å². The minimum atomic E-state index is -0.648. The van der Waals surface area contributed by atoms with Crippen LogP contribution in [-0.4, -0.2) is 36.1 Å². The Labute approximate surface area is 115 Å². The second kappa shape index (κ2) is 6.20. The maximum atomic E-state index is 11.8. The monoisotopic (exact) mass is 274 g/mol. The number of quaternary nitrogens is 1. The van der Waals surface area contributed by atoms with Crippen LogP contribution in [0.25, 0.3) is 0 Å². The van der Waals surface area contributed by atoms with Crippen molar-refractivity contribution in [2.24, 2.45) is 0 Å². The van der Waals surface area contributed by atoms with E-state index < -0.39 is 11.4 Å². The summed E-state index contributed by atoms with van der Waals surface area (Å²) in [6, 6.07) is 0. The predicted octanol–water partition coefficient (Wildman–Crippen LogP) is 1.26. The Morgan fingerprint density at radius 2 is 1.89 bits per heavy atom. The van der Waals surface area contributed by atoms with E-state index in [1.807, 2.05) is 34.6 Å². The van der Waals surface area contributed by atoms with Gasteiger partial charge in [-0.25, -0.2) is 0 Å². The first kappa shape index (κ1) is 16.4. The van der Waals surface area contributed by atoms with Gasteiger partial charge in [0.05, 0.1) is 25.2 Å². The fraction of sp³-hybridized carbons (Fsp3) is 0.929. The van der Waals surface area contributed by atoms with E-state index in [-0.39, 0.29) is 24.6 Å². The molecule has 2 atom stereocenters. The second-order valence-electron chi connectivity index (χ2n) is 6.55. The van der Waals surface area contributed by atoms with Gasteiger partial charge in [-0.3, -0.25) is 4.79 Å². The third-order valence-corrected chi connectivity index (χ3v) is 2.77. The molecule has 0 bridgehead atoms. The zero-order chi connectivity index (χ0) is 14.7. The van der Waals surface area contributed by atoms with E-state index in [4.69, 9.17) is 14.2 Å². The molecule has 1 fully saturated rings. The number of carbonyl (C=O) groups excluding carboxylic acids is 1. The molecule has 5 nitrogen and oxygen atoms in total. The smallest absolute Gasteiger partial charge is 0.308 e. The summed E-state index contributed by atoms with van der Waals surface area (Å²) in [5.41, 5.74) is 3.40. The maximum Gasteiger partial charge on any atom is 0.308 e. The molecule has 5 heteroatoms. The molecule has 0 radical (unpaired) electrons. The average Bonchev–Trinajstić information content (AvgIpc) is 2.10. The van der Waals surface area contributed by atoms with Crippen molar-refractivity contribution in [1.29, 1.82) is 0 Å². The Kier molecular flexibility index (Phi) is 5.35. The minimum absolute atomic E-state index is 0.105. The summed E-state index contributed by atoms with van der Waals surface area (Å²) in [4.78, 5) is 11.8. The molecule has 112 valence electrons. The lowest BCUT2D eigenvalue weighted by atomic mass is 10.0. The highest BCUT2D eigenvalue weighted by Gasteiger charge is 2.36. The molecule has 1 aliphatic rings. The van der Waals surface area contributed by atoms with Gasteiger partial charge in [-0.1, -0.05) is 0 Å². The molecule has 0 saturated carbocycles. The quantitative estimate of drug-likeness (QED) is 0.783. The third kappa shape index (κ3) is 6.36. The summed E-state index contributed by atoms with van der Waals surface area (Å²) in [7, 11) is 0. The fourth-order valence-electron chi connectivity index (χ4n) is 2.32. The molecule has 0 aliphatic carbocycles. The molecule has 0 spiro atoms. The van der Waals surface area contributed by atoms with Crippen LogP contribution in [0.3, 0.4) is 0 Å². The zero-order valence-electron chi connectivity index (χ0n) is 12.8. The predicted molar refractivity (Wildman–Crippen MR) is 71.3 cm³/mol. The van der Waals surface area contributed by atoms with Crippen molar-refractivity contribution in [3.63, 3.8) is 0 Å². The van der Waals surface area contributed by atoms with Crippen LogP contribution in [0.5, 0.6) is 0 Å².